The van der Waals surface area contributed by atoms with Gasteiger partial charge in [0.05, 0.1) is 11.4 Å². The van der Waals surface area contributed by atoms with Crippen LogP contribution in [0.4, 0.5) is 11.4 Å². The Bertz CT molecular complexity index is 839. The summed E-state index contributed by atoms with van der Waals surface area (Å²) in [5.41, 5.74) is 4.46. The Hall–Kier alpha value is -2.69. The van der Waals surface area contributed by atoms with Crippen molar-refractivity contribution in [2.75, 3.05) is 38.0 Å². The third kappa shape index (κ3) is 2.04. The van der Waals surface area contributed by atoms with Crippen molar-refractivity contribution in [3.8, 4) is 22.6 Å². The molecule has 0 aliphatic heterocycles. The fraction of sp³-hybridized carbons (Fsp3) is 0.278. The Morgan fingerprint density at radius 2 is 1.39 bits per heavy atom. The van der Waals surface area contributed by atoms with Crippen molar-refractivity contribution in [3.05, 3.63) is 34.9 Å². The molecular formula is C18H20N2O3. The van der Waals surface area contributed by atoms with E-state index in [0.717, 1.165) is 11.1 Å². The van der Waals surface area contributed by atoms with E-state index < -0.39 is 0 Å². The minimum atomic E-state index is -0.159. The maximum absolute atomic E-state index is 12.7. The molecule has 0 saturated heterocycles. The normalized spacial score (nSPS) is 12.1. The number of anilines is 2. The van der Waals surface area contributed by atoms with Crippen molar-refractivity contribution in [2.45, 2.75) is 6.92 Å². The first kappa shape index (κ1) is 15.2. The molecule has 0 heterocycles. The SMILES string of the molecule is Cc1c(O)c(N(C)C)cc2c1C(=O)c1cc(O)c(N(C)C)cc1-2. The molecule has 0 saturated carbocycles. The van der Waals surface area contributed by atoms with Crippen LogP contribution >= 0.6 is 0 Å². The second kappa shape index (κ2) is 4.91. The van der Waals surface area contributed by atoms with Crippen molar-refractivity contribution in [3.63, 3.8) is 0 Å². The predicted octanol–water partition coefficient (Wildman–Crippen LogP) is 2.75. The van der Waals surface area contributed by atoms with Gasteiger partial charge in [-0.05, 0) is 36.2 Å². The van der Waals surface area contributed by atoms with Crippen LogP contribution in [0.1, 0.15) is 21.5 Å². The van der Waals surface area contributed by atoms with Gasteiger partial charge in [0.2, 0.25) is 0 Å². The van der Waals surface area contributed by atoms with Crippen LogP contribution in [-0.4, -0.2) is 44.2 Å². The highest BCUT2D eigenvalue weighted by Gasteiger charge is 2.32. The number of benzene rings is 2. The average molecular weight is 312 g/mol. The molecule has 5 nitrogen and oxygen atoms in total. The molecule has 0 spiro atoms. The quantitative estimate of drug-likeness (QED) is 0.762. The van der Waals surface area contributed by atoms with Crippen LogP contribution in [0.25, 0.3) is 11.1 Å². The molecule has 120 valence electrons. The maximum atomic E-state index is 12.7. The number of rotatable bonds is 2. The zero-order valence-corrected chi connectivity index (χ0v) is 13.9. The first-order valence-corrected chi connectivity index (χ1v) is 7.37. The lowest BCUT2D eigenvalue weighted by Gasteiger charge is -2.19. The van der Waals surface area contributed by atoms with E-state index in [1.54, 1.807) is 11.8 Å². The summed E-state index contributed by atoms with van der Waals surface area (Å²) in [5.74, 6) is 0.0327. The zero-order valence-electron chi connectivity index (χ0n) is 13.9. The summed E-state index contributed by atoms with van der Waals surface area (Å²) in [5, 5.41) is 20.5. The molecule has 0 bridgehead atoms. The first-order valence-electron chi connectivity index (χ1n) is 7.37. The Kier molecular flexibility index (Phi) is 3.25. The smallest absolute Gasteiger partial charge is 0.194 e. The molecule has 0 unspecified atom stereocenters. The average Bonchev–Trinajstić information content (AvgIpc) is 2.74. The van der Waals surface area contributed by atoms with Gasteiger partial charge in [0.1, 0.15) is 11.5 Å². The monoisotopic (exact) mass is 312 g/mol. The standard InChI is InChI=1S/C18H20N2O3/c1-9-16-11(7-14(17(9)22)20(4)5)10-6-13(19(2)3)15(21)8-12(10)18(16)23/h6-8,21-22H,1-5H3. The Morgan fingerprint density at radius 1 is 0.826 bits per heavy atom. The van der Waals surface area contributed by atoms with Gasteiger partial charge in [0.15, 0.2) is 5.78 Å². The molecular weight excluding hydrogens is 292 g/mol. The highest BCUT2D eigenvalue weighted by molar-refractivity contribution is 6.23. The van der Waals surface area contributed by atoms with Gasteiger partial charge < -0.3 is 20.0 Å². The third-order valence-electron chi connectivity index (χ3n) is 4.36. The molecule has 2 N–H and O–H groups in total. The van der Waals surface area contributed by atoms with E-state index in [9.17, 15) is 15.0 Å². The third-order valence-corrected chi connectivity index (χ3v) is 4.36. The van der Waals surface area contributed by atoms with Crippen molar-refractivity contribution in [1.29, 1.82) is 0 Å². The zero-order chi connectivity index (χ0) is 17.0. The van der Waals surface area contributed by atoms with Gasteiger partial charge in [-0.1, -0.05) is 0 Å². The summed E-state index contributed by atoms with van der Waals surface area (Å²) in [6.45, 7) is 1.75. The van der Waals surface area contributed by atoms with E-state index in [2.05, 4.69) is 0 Å². The topological polar surface area (TPSA) is 64.0 Å². The van der Waals surface area contributed by atoms with Crippen molar-refractivity contribution < 1.29 is 15.0 Å². The molecule has 2 aromatic carbocycles. The minimum Gasteiger partial charge on any atom is -0.506 e. The van der Waals surface area contributed by atoms with Crippen LogP contribution in [0.15, 0.2) is 18.2 Å². The van der Waals surface area contributed by atoms with Crippen LogP contribution in [0.2, 0.25) is 0 Å². The fourth-order valence-electron chi connectivity index (χ4n) is 3.12. The van der Waals surface area contributed by atoms with E-state index >= 15 is 0 Å². The first-order chi connectivity index (χ1) is 10.7. The lowest BCUT2D eigenvalue weighted by molar-refractivity contribution is 0.104. The van der Waals surface area contributed by atoms with Crippen LogP contribution in [-0.2, 0) is 0 Å². The van der Waals surface area contributed by atoms with Crippen molar-refractivity contribution in [1.82, 2.24) is 0 Å². The molecule has 1 aliphatic rings. The maximum Gasteiger partial charge on any atom is 0.194 e. The molecule has 1 aliphatic carbocycles. The van der Waals surface area contributed by atoms with Gasteiger partial charge in [0, 0.05) is 44.9 Å². The van der Waals surface area contributed by atoms with E-state index in [1.165, 1.54) is 6.07 Å². The summed E-state index contributed by atoms with van der Waals surface area (Å²) in [6, 6.07) is 5.17. The summed E-state index contributed by atoms with van der Waals surface area (Å²) < 4.78 is 0. The Morgan fingerprint density at radius 3 is 1.96 bits per heavy atom. The van der Waals surface area contributed by atoms with Gasteiger partial charge in [-0.15, -0.1) is 0 Å². The fourth-order valence-corrected chi connectivity index (χ4v) is 3.12. The molecule has 0 radical (unpaired) electrons. The number of hydrogen-bond acceptors (Lipinski definition) is 5. The lowest BCUT2D eigenvalue weighted by Crippen LogP contribution is -2.10. The number of carbonyl (C=O) groups is 1. The Balaban J connectivity index is 2.36. The highest BCUT2D eigenvalue weighted by Crippen LogP contribution is 2.47. The number of phenols is 2. The van der Waals surface area contributed by atoms with Crippen molar-refractivity contribution in [2.24, 2.45) is 0 Å². The Labute approximate surface area is 135 Å². The van der Waals surface area contributed by atoms with Crippen LogP contribution in [0.3, 0.4) is 0 Å². The van der Waals surface area contributed by atoms with Crippen LogP contribution in [0.5, 0.6) is 11.5 Å². The van der Waals surface area contributed by atoms with E-state index in [-0.39, 0.29) is 17.3 Å². The van der Waals surface area contributed by atoms with E-state index in [1.807, 2.05) is 45.2 Å². The number of phenolic OH excluding ortho intramolecular Hbond substituents is 2. The van der Waals surface area contributed by atoms with Gasteiger partial charge in [-0.3, -0.25) is 4.79 Å². The number of fused-ring (bicyclic) bond motifs is 3. The summed E-state index contributed by atoms with van der Waals surface area (Å²) in [6.07, 6.45) is 0. The predicted molar refractivity (Wildman–Crippen MR) is 92.0 cm³/mol. The number of hydrogen-bond donors (Lipinski definition) is 2. The second-order valence-electron chi connectivity index (χ2n) is 6.30. The minimum absolute atomic E-state index is 0.0737. The van der Waals surface area contributed by atoms with Crippen molar-refractivity contribution >= 4 is 17.2 Å². The molecule has 2 aromatic rings. The second-order valence-corrected chi connectivity index (χ2v) is 6.30. The number of ketones is 1. The van der Waals surface area contributed by atoms with Crippen LogP contribution in [0, 0.1) is 6.92 Å². The number of nitrogens with zero attached hydrogens (tertiary/aromatic N) is 2. The van der Waals surface area contributed by atoms with E-state index in [4.69, 9.17) is 0 Å². The molecule has 0 atom stereocenters. The summed E-state index contributed by atoms with van der Waals surface area (Å²) in [7, 11) is 7.38. The number of aromatic hydroxyl groups is 2. The number of carbonyl (C=O) groups excluding carboxylic acids is 1. The van der Waals surface area contributed by atoms with Gasteiger partial charge in [-0.2, -0.15) is 0 Å². The van der Waals surface area contributed by atoms with Gasteiger partial charge in [0.25, 0.3) is 0 Å². The molecule has 3 rings (SSSR count). The summed E-state index contributed by atoms with van der Waals surface area (Å²) >= 11 is 0. The largest absolute Gasteiger partial charge is 0.506 e. The molecule has 5 heteroatoms. The van der Waals surface area contributed by atoms with Gasteiger partial charge in [-0.25, -0.2) is 0 Å². The lowest BCUT2D eigenvalue weighted by atomic mass is 9.99. The molecule has 0 amide bonds. The molecule has 23 heavy (non-hydrogen) atoms. The summed E-state index contributed by atoms with van der Waals surface area (Å²) in [4.78, 5) is 16.3. The highest BCUT2D eigenvalue weighted by atomic mass is 16.3. The molecule has 0 fully saturated rings. The molecule has 0 aromatic heterocycles. The van der Waals surface area contributed by atoms with Gasteiger partial charge >= 0.3 is 0 Å². The van der Waals surface area contributed by atoms with Crippen LogP contribution < -0.4 is 9.80 Å². The van der Waals surface area contributed by atoms with E-state index in [0.29, 0.717) is 28.1 Å².